The topological polar surface area (TPSA) is 261 Å². The maximum atomic E-state index is 10.3. The van der Waals surface area contributed by atoms with Gasteiger partial charge in [0.25, 0.3) is 0 Å². The number of hydrogen-bond donors (Lipinski definition) is 4. The SMILES string of the molecule is CCC1(N)CCN(c2cnc3c(n2)CN=C3c2ccnc(C)c2Cl)CC1.Cc1cc(C2=NCc3nc(N4CCC(C)(CN)CC4)cnc32)c(Cl)cn1.Cc1cc(C2=NCc3nc(N4CCC(O)(CN)CC4)cnc32)c(Cl)cn1. The van der Waals surface area contributed by atoms with Crippen LogP contribution in [0.1, 0.15) is 127 Å². The molecule has 0 aromatic carbocycles. The van der Waals surface area contributed by atoms with Gasteiger partial charge >= 0.3 is 0 Å². The van der Waals surface area contributed by atoms with Crippen LogP contribution in [0.2, 0.25) is 15.1 Å². The number of pyridine rings is 3. The summed E-state index contributed by atoms with van der Waals surface area (Å²) >= 11 is 19.1. The van der Waals surface area contributed by atoms with Gasteiger partial charge in [0.15, 0.2) is 0 Å². The number of aliphatic imine (C=N–C) groups is 3. The molecule has 78 heavy (non-hydrogen) atoms. The molecule has 0 atom stereocenters. The highest BCUT2D eigenvalue weighted by Crippen LogP contribution is 2.35. The van der Waals surface area contributed by atoms with Crippen molar-refractivity contribution in [3.63, 3.8) is 0 Å². The molecular formula is C56H67Cl3N18O. The number of anilines is 3. The lowest BCUT2D eigenvalue weighted by Crippen LogP contribution is -2.50. The Balaban J connectivity index is 0.000000132. The molecule has 7 N–H and O–H groups in total. The molecular weight excluding hydrogens is 1050 g/mol. The van der Waals surface area contributed by atoms with Crippen molar-refractivity contribution in [2.75, 3.05) is 67.1 Å². The molecule has 19 nitrogen and oxygen atoms in total. The Kier molecular flexibility index (Phi) is 16.2. The number of nitrogens with two attached hydrogens (primary N) is 3. The fraction of sp³-hybridized carbons (Fsp3) is 0.464. The van der Waals surface area contributed by atoms with E-state index in [1.165, 1.54) is 0 Å². The molecule has 0 radical (unpaired) electrons. The van der Waals surface area contributed by atoms with Gasteiger partial charge in [0.05, 0.1) is 98.8 Å². The number of fused-ring (bicyclic) bond motifs is 3. The first kappa shape index (κ1) is 55.1. The Morgan fingerprint density at radius 1 is 0.551 bits per heavy atom. The van der Waals surface area contributed by atoms with Crippen molar-refractivity contribution < 1.29 is 5.11 Å². The minimum Gasteiger partial charge on any atom is -0.388 e. The normalized spacial score (nSPS) is 18.6. The molecule has 0 spiro atoms. The second-order valence-corrected chi connectivity index (χ2v) is 22.7. The van der Waals surface area contributed by atoms with Gasteiger partial charge in [-0.3, -0.25) is 29.9 Å². The van der Waals surface area contributed by atoms with Crippen LogP contribution < -0.4 is 31.9 Å². The quantitative estimate of drug-likeness (QED) is 0.112. The Hall–Kier alpha value is -6.19. The third-order valence-electron chi connectivity index (χ3n) is 16.1. The largest absolute Gasteiger partial charge is 0.388 e. The van der Waals surface area contributed by atoms with Gasteiger partial charge in [-0.05, 0) is 95.9 Å². The third-order valence-corrected chi connectivity index (χ3v) is 17.2. The lowest BCUT2D eigenvalue weighted by molar-refractivity contribution is 0.0248. The number of rotatable bonds is 9. The van der Waals surface area contributed by atoms with E-state index in [1.54, 1.807) is 24.8 Å². The molecule has 3 fully saturated rings. The molecule has 12 heterocycles. The Bertz CT molecular complexity index is 3030. The maximum absolute atomic E-state index is 10.3. The average molecular weight is 1110 g/mol. The van der Waals surface area contributed by atoms with E-state index in [0.29, 0.717) is 67.2 Å². The van der Waals surface area contributed by atoms with Gasteiger partial charge in [-0.15, -0.1) is 0 Å². The number of piperidine rings is 3. The summed E-state index contributed by atoms with van der Waals surface area (Å²) in [6.07, 6.45) is 16.9. The predicted molar refractivity (Wildman–Crippen MR) is 309 cm³/mol. The molecule has 0 bridgehead atoms. The zero-order valence-corrected chi connectivity index (χ0v) is 47.2. The van der Waals surface area contributed by atoms with Gasteiger partial charge in [0.2, 0.25) is 0 Å². The van der Waals surface area contributed by atoms with E-state index in [1.807, 2.05) is 51.4 Å². The van der Waals surface area contributed by atoms with Crippen LogP contribution in [0.3, 0.4) is 0 Å². The van der Waals surface area contributed by atoms with Crippen molar-refractivity contribution in [1.82, 2.24) is 44.9 Å². The molecule has 6 aromatic heterocycles. The second kappa shape index (κ2) is 22.9. The fourth-order valence-corrected chi connectivity index (χ4v) is 11.1. The van der Waals surface area contributed by atoms with E-state index in [0.717, 1.165) is 167 Å². The van der Waals surface area contributed by atoms with Crippen LogP contribution in [0.5, 0.6) is 0 Å². The number of aromatic nitrogens is 9. The molecule has 12 rings (SSSR count). The van der Waals surface area contributed by atoms with Crippen LogP contribution in [0, 0.1) is 26.2 Å². The van der Waals surface area contributed by atoms with E-state index in [9.17, 15) is 5.11 Å². The number of halogens is 3. The molecule has 6 aliphatic rings. The van der Waals surface area contributed by atoms with Crippen LogP contribution in [0.4, 0.5) is 17.5 Å². The summed E-state index contributed by atoms with van der Waals surface area (Å²) in [6, 6.07) is 5.75. The second-order valence-electron chi connectivity index (χ2n) is 21.6. The molecule has 6 aliphatic heterocycles. The number of aryl methyl sites for hydroxylation is 3. The zero-order valence-electron chi connectivity index (χ0n) is 44.9. The summed E-state index contributed by atoms with van der Waals surface area (Å²) < 4.78 is 0. The minimum absolute atomic E-state index is 0.0348. The monoisotopic (exact) mass is 1110 g/mol. The highest BCUT2D eigenvalue weighted by atomic mass is 35.5. The van der Waals surface area contributed by atoms with Crippen molar-refractivity contribution in [3.05, 3.63) is 138 Å². The van der Waals surface area contributed by atoms with Gasteiger partial charge in [-0.2, -0.15) is 0 Å². The number of hydrogen-bond acceptors (Lipinski definition) is 19. The van der Waals surface area contributed by atoms with E-state index >= 15 is 0 Å². The highest BCUT2D eigenvalue weighted by Gasteiger charge is 2.35. The predicted octanol–water partition coefficient (Wildman–Crippen LogP) is 7.12. The van der Waals surface area contributed by atoms with Gasteiger partial charge < -0.3 is 37.0 Å². The Labute approximate surface area is 470 Å². The summed E-state index contributed by atoms with van der Waals surface area (Å²) in [7, 11) is 0. The Morgan fingerprint density at radius 2 is 0.962 bits per heavy atom. The maximum Gasteiger partial charge on any atom is 0.147 e. The third kappa shape index (κ3) is 11.6. The first-order valence-electron chi connectivity index (χ1n) is 26.7. The van der Waals surface area contributed by atoms with Crippen molar-refractivity contribution in [1.29, 1.82) is 0 Å². The molecule has 408 valence electrons. The smallest absolute Gasteiger partial charge is 0.147 e. The molecule has 0 aliphatic carbocycles. The molecule has 3 saturated heterocycles. The van der Waals surface area contributed by atoms with Crippen LogP contribution in [-0.2, 0) is 19.6 Å². The van der Waals surface area contributed by atoms with Gasteiger partial charge in [0.1, 0.15) is 34.5 Å². The first-order chi connectivity index (χ1) is 37.5. The number of nitrogens with zero attached hydrogens (tertiary/aromatic N) is 15. The van der Waals surface area contributed by atoms with E-state index in [4.69, 9.17) is 67.0 Å². The highest BCUT2D eigenvalue weighted by molar-refractivity contribution is 6.37. The zero-order chi connectivity index (χ0) is 54.9. The Morgan fingerprint density at radius 3 is 1.37 bits per heavy atom. The summed E-state index contributed by atoms with van der Waals surface area (Å²) in [5.41, 5.74) is 30.0. The first-order valence-corrected chi connectivity index (χ1v) is 27.9. The standard InChI is InChI=1S/2C19H23ClN6.C18H21ClN6O/c1-12-7-13(14(20)8-22-12)17-18-15(9-23-17)25-16(10-24-18)26-5-3-19(2,11-21)4-6-26;1-3-19(21)5-8-26(9-6-19)15-11-24-18-14(25-15)10-23-17(18)13-4-7-22-12(2)16(13)20;1-11-6-12(13(19)7-21-11)16-17-14(8-22-16)24-15(9-23-17)25-4-2-18(26,10-20)3-5-25/h7-8,10H,3-6,9,11,21H2,1-2H3;4,7,11H,3,5-6,8-10,21H2,1-2H3;6-7,9,26H,2-5,8,10,20H2,1H3. The summed E-state index contributed by atoms with van der Waals surface area (Å²) in [5.74, 6) is 2.66. The van der Waals surface area contributed by atoms with E-state index < -0.39 is 5.60 Å². The number of aliphatic hydroxyl groups is 1. The summed E-state index contributed by atoms with van der Waals surface area (Å²) in [6.45, 7) is 18.0. The van der Waals surface area contributed by atoms with E-state index in [2.05, 4.69) is 73.4 Å². The van der Waals surface area contributed by atoms with Crippen LogP contribution in [0.15, 0.2) is 70.4 Å². The van der Waals surface area contributed by atoms with Crippen molar-refractivity contribution in [2.45, 2.75) is 110 Å². The lowest BCUT2D eigenvalue weighted by atomic mass is 9.80. The van der Waals surface area contributed by atoms with Gasteiger partial charge in [-0.1, -0.05) is 48.7 Å². The molecule has 0 saturated carbocycles. The van der Waals surface area contributed by atoms with Crippen LogP contribution in [-0.4, -0.2) is 131 Å². The van der Waals surface area contributed by atoms with Crippen molar-refractivity contribution in [3.8, 4) is 0 Å². The summed E-state index contributed by atoms with van der Waals surface area (Å²) in [4.78, 5) is 61.6. The molecule has 22 heteroatoms. The fourth-order valence-electron chi connectivity index (χ4n) is 10.5. The average Bonchev–Trinajstić information content (AvgIpc) is 4.21. The molecule has 6 aromatic rings. The van der Waals surface area contributed by atoms with Crippen LogP contribution >= 0.6 is 34.8 Å². The minimum atomic E-state index is -0.757. The van der Waals surface area contributed by atoms with Crippen molar-refractivity contribution in [2.24, 2.45) is 37.6 Å². The van der Waals surface area contributed by atoms with Gasteiger partial charge in [0, 0.05) is 98.0 Å². The molecule has 0 amide bonds. The van der Waals surface area contributed by atoms with E-state index in [-0.39, 0.29) is 11.0 Å². The van der Waals surface area contributed by atoms with Crippen molar-refractivity contribution >= 4 is 69.4 Å². The summed E-state index contributed by atoms with van der Waals surface area (Å²) in [5, 5.41) is 12.1. The van der Waals surface area contributed by atoms with Crippen LogP contribution in [0.25, 0.3) is 0 Å². The van der Waals surface area contributed by atoms with Gasteiger partial charge in [-0.25, -0.2) is 29.9 Å². The molecule has 0 unspecified atom stereocenters. The lowest BCUT2D eigenvalue weighted by Gasteiger charge is -2.39.